The van der Waals surface area contributed by atoms with Gasteiger partial charge >= 0.3 is 0 Å². The Bertz CT molecular complexity index is 356. The fraction of sp³-hybridized carbons (Fsp3) is 0.692. The lowest BCUT2D eigenvalue weighted by atomic mass is 9.90. The number of halogens is 1. The summed E-state index contributed by atoms with van der Waals surface area (Å²) in [7, 11) is 0. The Balaban J connectivity index is 1.88. The number of nitrogens with one attached hydrogen (secondary N) is 2. The van der Waals surface area contributed by atoms with Crippen LogP contribution in [0.4, 0.5) is 0 Å². The van der Waals surface area contributed by atoms with Gasteiger partial charge in [0.1, 0.15) is 0 Å². The lowest BCUT2D eigenvalue weighted by molar-refractivity contribution is 0.353. The molecular weight excluding hydrogens is 296 g/mol. The van der Waals surface area contributed by atoms with E-state index in [0.29, 0.717) is 6.04 Å². The van der Waals surface area contributed by atoms with Crippen molar-refractivity contribution in [1.82, 2.24) is 10.6 Å². The lowest BCUT2D eigenvalue weighted by Crippen LogP contribution is -2.44. The van der Waals surface area contributed by atoms with Gasteiger partial charge in [-0.3, -0.25) is 0 Å². The molecule has 2 N–H and O–H groups in total. The van der Waals surface area contributed by atoms with Crippen molar-refractivity contribution in [2.24, 2.45) is 0 Å². The van der Waals surface area contributed by atoms with Gasteiger partial charge < -0.3 is 10.6 Å². The summed E-state index contributed by atoms with van der Waals surface area (Å²) >= 11 is 5.39. The van der Waals surface area contributed by atoms with Gasteiger partial charge in [0.25, 0.3) is 0 Å². The van der Waals surface area contributed by atoms with Crippen LogP contribution in [0.25, 0.3) is 0 Å². The molecular formula is C13H21BrN2S. The van der Waals surface area contributed by atoms with Crippen LogP contribution in [0.1, 0.15) is 31.6 Å². The first-order chi connectivity index (χ1) is 8.08. The van der Waals surface area contributed by atoms with E-state index in [-0.39, 0.29) is 5.41 Å². The molecule has 2 rings (SSSR count). The van der Waals surface area contributed by atoms with E-state index in [1.807, 2.05) is 11.3 Å². The third-order valence-electron chi connectivity index (χ3n) is 3.41. The van der Waals surface area contributed by atoms with Crippen LogP contribution in [0.15, 0.2) is 15.9 Å². The molecule has 4 heteroatoms. The van der Waals surface area contributed by atoms with Gasteiger partial charge in [0.2, 0.25) is 0 Å². The van der Waals surface area contributed by atoms with E-state index in [0.717, 1.165) is 19.6 Å². The van der Waals surface area contributed by atoms with Crippen molar-refractivity contribution in [2.45, 2.75) is 38.1 Å². The monoisotopic (exact) mass is 316 g/mol. The molecule has 17 heavy (non-hydrogen) atoms. The standard InChI is InChI=1S/C13H21BrN2S/c1-13(2,11-3-4-12(14)17-11)9-16-10-5-7-15-8-6-10/h3-4,10,15-16H,5-9H2,1-2H3. The number of hydrogen-bond acceptors (Lipinski definition) is 3. The SMILES string of the molecule is CC(C)(CNC1CCNCC1)c1ccc(Br)s1. The van der Waals surface area contributed by atoms with Gasteiger partial charge in [0.05, 0.1) is 3.79 Å². The quantitative estimate of drug-likeness (QED) is 0.891. The van der Waals surface area contributed by atoms with Gasteiger partial charge in [-0.2, -0.15) is 0 Å². The van der Waals surface area contributed by atoms with E-state index < -0.39 is 0 Å². The number of hydrogen-bond donors (Lipinski definition) is 2. The molecule has 0 bridgehead atoms. The van der Waals surface area contributed by atoms with Crippen LogP contribution < -0.4 is 10.6 Å². The van der Waals surface area contributed by atoms with Gasteiger partial charge in [-0.05, 0) is 54.0 Å². The summed E-state index contributed by atoms with van der Waals surface area (Å²) in [5.41, 5.74) is 0.224. The average Bonchev–Trinajstić information content (AvgIpc) is 2.76. The topological polar surface area (TPSA) is 24.1 Å². The molecule has 1 aliphatic heterocycles. The number of rotatable bonds is 4. The molecule has 1 aromatic heterocycles. The van der Waals surface area contributed by atoms with Gasteiger partial charge in [0, 0.05) is 22.9 Å². The Morgan fingerprint density at radius 1 is 1.41 bits per heavy atom. The zero-order valence-corrected chi connectivity index (χ0v) is 13.0. The molecule has 0 unspecified atom stereocenters. The third-order valence-corrected chi connectivity index (χ3v) is 5.40. The second-order valence-electron chi connectivity index (χ2n) is 5.39. The van der Waals surface area contributed by atoms with Gasteiger partial charge in [-0.25, -0.2) is 0 Å². The van der Waals surface area contributed by atoms with Gasteiger partial charge in [-0.1, -0.05) is 13.8 Å². The average molecular weight is 317 g/mol. The van der Waals surface area contributed by atoms with Crippen molar-refractivity contribution in [3.8, 4) is 0 Å². The Morgan fingerprint density at radius 3 is 2.71 bits per heavy atom. The van der Waals surface area contributed by atoms with E-state index in [2.05, 4.69) is 52.5 Å². The predicted molar refractivity (Wildman–Crippen MR) is 78.9 cm³/mol. The highest BCUT2D eigenvalue weighted by Crippen LogP contribution is 2.32. The molecule has 0 atom stereocenters. The van der Waals surface area contributed by atoms with Crippen LogP contribution in [0, 0.1) is 0 Å². The van der Waals surface area contributed by atoms with Gasteiger partial charge in [-0.15, -0.1) is 11.3 Å². The molecule has 2 heterocycles. The van der Waals surface area contributed by atoms with Crippen molar-refractivity contribution in [2.75, 3.05) is 19.6 Å². The minimum Gasteiger partial charge on any atom is -0.317 e. The lowest BCUT2D eigenvalue weighted by Gasteiger charge is -2.29. The summed E-state index contributed by atoms with van der Waals surface area (Å²) < 4.78 is 1.22. The molecule has 0 saturated carbocycles. The first-order valence-electron chi connectivity index (χ1n) is 6.28. The maximum Gasteiger partial charge on any atom is 0.0701 e. The van der Waals surface area contributed by atoms with Crippen LogP contribution in [0.5, 0.6) is 0 Å². The molecule has 1 aromatic rings. The van der Waals surface area contributed by atoms with Crippen LogP contribution >= 0.6 is 27.3 Å². The molecule has 0 radical (unpaired) electrons. The third kappa shape index (κ3) is 3.78. The van der Waals surface area contributed by atoms with Crippen molar-refractivity contribution >= 4 is 27.3 Å². The van der Waals surface area contributed by atoms with Crippen molar-refractivity contribution in [3.05, 3.63) is 20.8 Å². The fourth-order valence-electron chi connectivity index (χ4n) is 2.19. The van der Waals surface area contributed by atoms with Crippen LogP contribution in [0.2, 0.25) is 0 Å². The minimum absolute atomic E-state index is 0.224. The normalized spacial score (nSPS) is 18.5. The zero-order chi connectivity index (χ0) is 12.3. The van der Waals surface area contributed by atoms with Crippen LogP contribution in [-0.2, 0) is 5.41 Å². The second kappa shape index (κ2) is 5.83. The molecule has 0 aromatic carbocycles. The largest absolute Gasteiger partial charge is 0.317 e. The molecule has 1 saturated heterocycles. The summed E-state index contributed by atoms with van der Waals surface area (Å²) in [6, 6.07) is 5.07. The molecule has 0 amide bonds. The van der Waals surface area contributed by atoms with Crippen molar-refractivity contribution in [3.63, 3.8) is 0 Å². The highest BCUT2D eigenvalue weighted by molar-refractivity contribution is 9.11. The van der Waals surface area contributed by atoms with Crippen molar-refractivity contribution < 1.29 is 0 Å². The van der Waals surface area contributed by atoms with Crippen LogP contribution in [0.3, 0.4) is 0 Å². The summed E-state index contributed by atoms with van der Waals surface area (Å²) in [5, 5.41) is 7.12. The zero-order valence-electron chi connectivity index (χ0n) is 10.6. The highest BCUT2D eigenvalue weighted by atomic mass is 79.9. The molecule has 1 fully saturated rings. The Hall–Kier alpha value is 0.1000. The molecule has 0 spiro atoms. The second-order valence-corrected chi connectivity index (χ2v) is 7.86. The van der Waals surface area contributed by atoms with E-state index in [4.69, 9.17) is 0 Å². The molecule has 0 aliphatic carbocycles. The Morgan fingerprint density at radius 2 is 2.12 bits per heavy atom. The molecule has 96 valence electrons. The first-order valence-corrected chi connectivity index (χ1v) is 7.89. The van der Waals surface area contributed by atoms with E-state index in [1.165, 1.54) is 21.5 Å². The summed E-state index contributed by atoms with van der Waals surface area (Å²) in [6.07, 6.45) is 2.51. The summed E-state index contributed by atoms with van der Waals surface area (Å²) in [4.78, 5) is 1.45. The van der Waals surface area contributed by atoms with Gasteiger partial charge in [0.15, 0.2) is 0 Å². The Kier molecular flexibility index (Phi) is 4.64. The molecule has 1 aliphatic rings. The maximum absolute atomic E-state index is 3.72. The van der Waals surface area contributed by atoms with Crippen LogP contribution in [-0.4, -0.2) is 25.7 Å². The minimum atomic E-state index is 0.224. The number of piperidine rings is 1. The smallest absolute Gasteiger partial charge is 0.0701 e. The summed E-state index contributed by atoms with van der Waals surface area (Å²) in [5.74, 6) is 0. The highest BCUT2D eigenvalue weighted by Gasteiger charge is 2.24. The fourth-order valence-corrected chi connectivity index (χ4v) is 3.68. The predicted octanol–water partition coefficient (Wildman–Crippen LogP) is 3.13. The molecule has 2 nitrogen and oxygen atoms in total. The first kappa shape index (κ1) is 13.5. The summed E-state index contributed by atoms with van der Waals surface area (Å²) in [6.45, 7) is 8.01. The number of thiophene rings is 1. The Labute approximate surface area is 116 Å². The maximum atomic E-state index is 3.72. The van der Waals surface area contributed by atoms with Crippen molar-refractivity contribution in [1.29, 1.82) is 0 Å². The van der Waals surface area contributed by atoms with E-state index >= 15 is 0 Å². The van der Waals surface area contributed by atoms with E-state index in [1.54, 1.807) is 0 Å². The van der Waals surface area contributed by atoms with E-state index in [9.17, 15) is 0 Å².